The highest BCUT2D eigenvalue weighted by atomic mass is 16.5. The zero-order chi connectivity index (χ0) is 30.1. The quantitative estimate of drug-likeness (QED) is 0.208. The first-order valence-electron chi connectivity index (χ1n) is 14.6. The molecule has 6 rings (SSSR count). The van der Waals surface area contributed by atoms with Crippen molar-refractivity contribution in [2.75, 3.05) is 23.7 Å². The van der Waals surface area contributed by atoms with Crippen molar-refractivity contribution in [2.45, 2.75) is 40.7 Å². The number of nitrogens with zero attached hydrogens (tertiary/aromatic N) is 2. The number of aryl methyl sites for hydroxylation is 2. The molecule has 0 fully saturated rings. The molecular formula is C35H35N5O3. The molecule has 0 saturated heterocycles. The van der Waals surface area contributed by atoms with Crippen LogP contribution in [0.3, 0.4) is 0 Å². The maximum absolute atomic E-state index is 12.8. The number of carbonyl (C=O) groups excluding carboxylic acids is 1. The van der Waals surface area contributed by atoms with Crippen molar-refractivity contribution in [2.24, 2.45) is 0 Å². The lowest BCUT2D eigenvalue weighted by Crippen LogP contribution is -2.31. The van der Waals surface area contributed by atoms with Crippen LogP contribution in [0.4, 0.5) is 11.7 Å². The van der Waals surface area contributed by atoms with Crippen LogP contribution in [0.1, 0.15) is 53.4 Å². The van der Waals surface area contributed by atoms with Crippen molar-refractivity contribution in [1.82, 2.24) is 15.5 Å². The summed E-state index contributed by atoms with van der Waals surface area (Å²) in [7, 11) is 0. The number of likely N-dealkylation sites (N-methyl/N-ethyl adjacent to an activating group) is 1. The van der Waals surface area contributed by atoms with E-state index in [4.69, 9.17) is 9.15 Å². The maximum Gasteiger partial charge on any atom is 0.322 e. The Balaban J connectivity index is 1.45. The summed E-state index contributed by atoms with van der Waals surface area (Å²) in [4.78, 5) is 12.8. The number of hydrogen-bond acceptors (Lipinski definition) is 7. The van der Waals surface area contributed by atoms with Crippen molar-refractivity contribution in [1.29, 1.82) is 0 Å². The van der Waals surface area contributed by atoms with Crippen LogP contribution in [-0.4, -0.2) is 35.2 Å². The van der Waals surface area contributed by atoms with E-state index in [0.717, 1.165) is 69.2 Å². The summed E-state index contributed by atoms with van der Waals surface area (Å²) in [5.74, 6) is 1.58. The fourth-order valence-corrected chi connectivity index (χ4v) is 5.53. The predicted octanol–water partition coefficient (Wildman–Crippen LogP) is 7.05. The Morgan fingerprint density at radius 1 is 0.907 bits per heavy atom. The molecule has 1 aliphatic carbocycles. The van der Waals surface area contributed by atoms with Gasteiger partial charge >= 0.3 is 6.01 Å². The number of hydrogen-bond donors (Lipinski definition) is 3. The molecule has 3 aromatic carbocycles. The van der Waals surface area contributed by atoms with E-state index in [0.29, 0.717) is 11.5 Å². The Morgan fingerprint density at radius 2 is 1.67 bits per heavy atom. The predicted molar refractivity (Wildman–Crippen MR) is 170 cm³/mol. The number of anilines is 2. The normalized spacial score (nSPS) is 15.6. The molecule has 218 valence electrons. The molecule has 0 saturated carbocycles. The van der Waals surface area contributed by atoms with E-state index in [1.165, 1.54) is 5.57 Å². The maximum atomic E-state index is 12.8. The average Bonchev–Trinajstić information content (AvgIpc) is 3.46. The van der Waals surface area contributed by atoms with Gasteiger partial charge in [0.1, 0.15) is 11.5 Å². The average molecular weight is 574 g/mol. The number of benzene rings is 3. The van der Waals surface area contributed by atoms with Gasteiger partial charge in [0.2, 0.25) is 5.89 Å². The van der Waals surface area contributed by atoms with Gasteiger partial charge in [-0.15, -0.1) is 5.10 Å². The molecular weight excluding hydrogens is 538 g/mol. The minimum absolute atomic E-state index is 0.0361. The lowest BCUT2D eigenvalue weighted by Gasteiger charge is -2.31. The summed E-state index contributed by atoms with van der Waals surface area (Å²) >= 11 is 0. The Labute approximate surface area is 251 Å². The third kappa shape index (κ3) is 5.49. The molecule has 1 atom stereocenters. The Kier molecular flexibility index (Phi) is 7.69. The van der Waals surface area contributed by atoms with E-state index in [1.54, 1.807) is 12.1 Å². The zero-order valence-electron chi connectivity index (χ0n) is 25.0. The fourth-order valence-electron chi connectivity index (χ4n) is 5.53. The first-order valence-corrected chi connectivity index (χ1v) is 14.6. The molecule has 1 aromatic heterocycles. The second-order valence-electron chi connectivity index (χ2n) is 10.8. The second kappa shape index (κ2) is 11.7. The number of allylic oxidation sites excluding steroid dienone is 1. The van der Waals surface area contributed by atoms with Crippen molar-refractivity contribution < 1.29 is 13.9 Å². The zero-order valence-corrected chi connectivity index (χ0v) is 25.0. The molecule has 0 bridgehead atoms. The number of rotatable bonds is 8. The van der Waals surface area contributed by atoms with Crippen molar-refractivity contribution in [3.8, 4) is 17.2 Å². The van der Waals surface area contributed by atoms with Crippen LogP contribution >= 0.6 is 0 Å². The summed E-state index contributed by atoms with van der Waals surface area (Å²) in [6.45, 7) is 12.0. The molecule has 2 heterocycles. The van der Waals surface area contributed by atoms with Gasteiger partial charge in [0.15, 0.2) is 0 Å². The van der Waals surface area contributed by atoms with Gasteiger partial charge in [-0.3, -0.25) is 10.1 Å². The largest absolute Gasteiger partial charge is 0.456 e. The van der Waals surface area contributed by atoms with Crippen molar-refractivity contribution >= 4 is 23.2 Å². The first kappa shape index (κ1) is 28.2. The molecule has 4 aromatic rings. The Hall–Kier alpha value is -4.95. The van der Waals surface area contributed by atoms with Gasteiger partial charge in [-0.05, 0) is 81.8 Å². The molecule has 8 heteroatoms. The van der Waals surface area contributed by atoms with Gasteiger partial charge in [0.25, 0.3) is 5.91 Å². The van der Waals surface area contributed by atoms with E-state index in [-0.39, 0.29) is 18.0 Å². The number of fused-ring (bicyclic) bond motifs is 2. The van der Waals surface area contributed by atoms with E-state index in [9.17, 15) is 4.79 Å². The number of amides is 1. The highest BCUT2D eigenvalue weighted by molar-refractivity contribution is 6.03. The van der Waals surface area contributed by atoms with E-state index < -0.39 is 0 Å². The number of nitrogens with one attached hydrogen (secondary N) is 3. The van der Waals surface area contributed by atoms with Crippen LogP contribution in [0, 0.1) is 13.8 Å². The number of ether oxygens (including phenoxy) is 1. The third-order valence-electron chi connectivity index (χ3n) is 7.71. The van der Waals surface area contributed by atoms with Crippen LogP contribution in [-0.2, 0) is 0 Å². The van der Waals surface area contributed by atoms with Gasteiger partial charge in [-0.1, -0.05) is 53.5 Å². The van der Waals surface area contributed by atoms with Crippen molar-refractivity contribution in [3.05, 3.63) is 118 Å². The smallest absolute Gasteiger partial charge is 0.322 e. The van der Waals surface area contributed by atoms with Crippen LogP contribution in [0.15, 0.2) is 94.1 Å². The van der Waals surface area contributed by atoms with Gasteiger partial charge < -0.3 is 19.8 Å². The van der Waals surface area contributed by atoms with Crippen LogP contribution < -0.4 is 20.7 Å². The molecule has 1 aliphatic heterocycles. The second-order valence-corrected chi connectivity index (χ2v) is 10.8. The third-order valence-corrected chi connectivity index (χ3v) is 7.71. The molecule has 1 unspecified atom stereocenters. The minimum Gasteiger partial charge on any atom is -0.456 e. The SMILES string of the molecule is CCNc1cc2c(cc1C)C(c1ccccc1-c1nnc(NC(=O)c3ccc(C)cc3)o1)=C1C=C(C)C(NCC)C=C1O2. The molecule has 0 radical (unpaired) electrons. The summed E-state index contributed by atoms with van der Waals surface area (Å²) in [6, 6.07) is 19.6. The molecule has 3 N–H and O–H groups in total. The van der Waals surface area contributed by atoms with Crippen LogP contribution in [0.5, 0.6) is 5.75 Å². The van der Waals surface area contributed by atoms with Gasteiger partial charge in [0, 0.05) is 46.1 Å². The van der Waals surface area contributed by atoms with Gasteiger partial charge in [-0.25, -0.2) is 0 Å². The summed E-state index contributed by atoms with van der Waals surface area (Å²) in [5, 5.41) is 18.2. The number of carbonyl (C=O) groups is 1. The molecule has 43 heavy (non-hydrogen) atoms. The highest BCUT2D eigenvalue weighted by Gasteiger charge is 2.31. The van der Waals surface area contributed by atoms with Crippen LogP contribution in [0.25, 0.3) is 17.0 Å². The highest BCUT2D eigenvalue weighted by Crippen LogP contribution is 2.47. The molecule has 1 amide bonds. The summed E-state index contributed by atoms with van der Waals surface area (Å²) in [6.07, 6.45) is 4.35. The first-order chi connectivity index (χ1) is 20.9. The monoisotopic (exact) mass is 573 g/mol. The summed E-state index contributed by atoms with van der Waals surface area (Å²) < 4.78 is 12.6. The lowest BCUT2D eigenvalue weighted by molar-refractivity contribution is 0.102. The van der Waals surface area contributed by atoms with Gasteiger partial charge in [-0.2, -0.15) is 0 Å². The standard InChI is InChI=1S/C35H35N5O3/c1-6-36-28-18-30-26(16-21(28)4)32(27-17-22(5)29(37-7-2)19-31(27)42-30)24-10-8-9-11-25(24)34-39-40-35(43-34)38-33(41)23-14-12-20(3)13-15-23/h8-19,28,36-37H,6-7H2,1-5H3,(H,38,40,41). The van der Waals surface area contributed by atoms with E-state index in [1.807, 2.05) is 37.3 Å². The molecule has 8 nitrogen and oxygen atoms in total. The lowest BCUT2D eigenvalue weighted by atomic mass is 9.83. The van der Waals surface area contributed by atoms with E-state index >= 15 is 0 Å². The van der Waals surface area contributed by atoms with Crippen molar-refractivity contribution in [3.63, 3.8) is 0 Å². The minimum atomic E-state index is -0.313. The summed E-state index contributed by atoms with van der Waals surface area (Å²) in [5.41, 5.74) is 9.62. The Bertz CT molecular complexity index is 1800. The van der Waals surface area contributed by atoms with E-state index in [2.05, 4.69) is 84.2 Å². The molecule has 0 spiro atoms. The van der Waals surface area contributed by atoms with Crippen LogP contribution in [0.2, 0.25) is 0 Å². The fraction of sp³-hybridized carbons (Fsp3) is 0.229. The Morgan fingerprint density at radius 3 is 2.42 bits per heavy atom. The topological polar surface area (TPSA) is 101 Å². The number of aromatic nitrogens is 2. The van der Waals surface area contributed by atoms with Gasteiger partial charge in [0.05, 0.1) is 6.04 Å². The molecule has 2 aliphatic rings.